The fourth-order valence-corrected chi connectivity index (χ4v) is 2.93. The molecule has 0 saturated carbocycles. The lowest BCUT2D eigenvalue weighted by atomic mass is 10.00. The summed E-state index contributed by atoms with van der Waals surface area (Å²) >= 11 is 0. The van der Waals surface area contributed by atoms with E-state index in [-0.39, 0.29) is 0 Å². The first kappa shape index (κ1) is 12.4. The van der Waals surface area contributed by atoms with E-state index in [0.717, 1.165) is 24.4 Å². The molecule has 1 atom stereocenters. The molecule has 19 heavy (non-hydrogen) atoms. The van der Waals surface area contributed by atoms with Crippen molar-refractivity contribution in [2.24, 2.45) is 0 Å². The molecule has 1 unspecified atom stereocenters. The molecule has 0 aliphatic carbocycles. The summed E-state index contributed by atoms with van der Waals surface area (Å²) in [6.07, 6.45) is 3.65. The number of nitrogen functional groups attached to an aromatic ring is 1. The van der Waals surface area contributed by atoms with Crippen LogP contribution in [0.2, 0.25) is 0 Å². The standard InChI is InChI=1S/C14H21N5/c1-10(2)18-9-4-3-6-11(18)14-16-13-8-5-7-12(15)19(13)17-14/h5,7-8,10-11H,3-4,6,9,15H2,1-2H3. The molecule has 0 spiro atoms. The molecule has 1 fully saturated rings. The van der Waals surface area contributed by atoms with E-state index in [9.17, 15) is 0 Å². The monoisotopic (exact) mass is 259 g/mol. The molecule has 0 bridgehead atoms. The quantitative estimate of drug-likeness (QED) is 0.898. The molecule has 1 saturated heterocycles. The molecular weight excluding hydrogens is 238 g/mol. The predicted molar refractivity (Wildman–Crippen MR) is 75.8 cm³/mol. The zero-order valence-electron chi connectivity index (χ0n) is 11.6. The van der Waals surface area contributed by atoms with Crippen molar-refractivity contribution >= 4 is 11.5 Å². The number of nitrogens with zero attached hydrogens (tertiary/aromatic N) is 4. The van der Waals surface area contributed by atoms with Gasteiger partial charge in [0.25, 0.3) is 0 Å². The number of nitrogens with two attached hydrogens (primary N) is 1. The van der Waals surface area contributed by atoms with Crippen molar-refractivity contribution in [3.8, 4) is 0 Å². The Morgan fingerprint density at radius 1 is 1.32 bits per heavy atom. The lowest BCUT2D eigenvalue weighted by Gasteiger charge is -2.36. The molecule has 2 aromatic heterocycles. The Morgan fingerprint density at radius 2 is 2.16 bits per heavy atom. The Bertz CT molecular complexity index is 574. The van der Waals surface area contributed by atoms with Crippen molar-refractivity contribution in [1.82, 2.24) is 19.5 Å². The van der Waals surface area contributed by atoms with Gasteiger partial charge in [0, 0.05) is 6.04 Å². The zero-order chi connectivity index (χ0) is 13.4. The first-order valence-corrected chi connectivity index (χ1v) is 7.03. The van der Waals surface area contributed by atoms with Gasteiger partial charge in [-0.15, -0.1) is 5.10 Å². The molecule has 3 heterocycles. The van der Waals surface area contributed by atoms with E-state index in [1.807, 2.05) is 18.2 Å². The Balaban J connectivity index is 2.00. The van der Waals surface area contributed by atoms with E-state index in [1.54, 1.807) is 4.52 Å². The van der Waals surface area contributed by atoms with Crippen molar-refractivity contribution in [2.45, 2.75) is 45.2 Å². The normalized spacial score (nSPS) is 21.3. The summed E-state index contributed by atoms with van der Waals surface area (Å²) in [7, 11) is 0. The van der Waals surface area contributed by atoms with Crippen molar-refractivity contribution in [1.29, 1.82) is 0 Å². The van der Waals surface area contributed by atoms with Crippen molar-refractivity contribution in [3.63, 3.8) is 0 Å². The highest BCUT2D eigenvalue weighted by atomic mass is 15.3. The maximum atomic E-state index is 5.94. The highest BCUT2D eigenvalue weighted by Gasteiger charge is 2.29. The van der Waals surface area contributed by atoms with Gasteiger partial charge >= 0.3 is 0 Å². The number of hydrogen-bond donors (Lipinski definition) is 1. The van der Waals surface area contributed by atoms with Crippen LogP contribution in [0.25, 0.3) is 5.65 Å². The summed E-state index contributed by atoms with van der Waals surface area (Å²) in [6.45, 7) is 5.61. The zero-order valence-corrected chi connectivity index (χ0v) is 11.6. The highest BCUT2D eigenvalue weighted by molar-refractivity contribution is 5.46. The van der Waals surface area contributed by atoms with Crippen LogP contribution >= 0.6 is 0 Å². The third kappa shape index (κ3) is 2.18. The number of piperidine rings is 1. The summed E-state index contributed by atoms with van der Waals surface area (Å²) in [5, 5.41) is 4.61. The SMILES string of the molecule is CC(C)N1CCCCC1c1nc2cccc(N)n2n1. The van der Waals surface area contributed by atoms with E-state index in [0.29, 0.717) is 17.9 Å². The highest BCUT2D eigenvalue weighted by Crippen LogP contribution is 2.31. The Labute approximate surface area is 113 Å². The van der Waals surface area contributed by atoms with Crippen LogP contribution in [0.3, 0.4) is 0 Å². The summed E-state index contributed by atoms with van der Waals surface area (Å²) in [4.78, 5) is 7.15. The van der Waals surface area contributed by atoms with Gasteiger partial charge in [0.15, 0.2) is 11.5 Å². The third-order valence-corrected chi connectivity index (χ3v) is 3.91. The number of hydrogen-bond acceptors (Lipinski definition) is 4. The van der Waals surface area contributed by atoms with Crippen LogP contribution in [0.1, 0.15) is 45.0 Å². The molecule has 0 radical (unpaired) electrons. The average Bonchev–Trinajstić information content (AvgIpc) is 2.84. The summed E-state index contributed by atoms with van der Waals surface area (Å²) in [5.41, 5.74) is 6.78. The Kier molecular flexibility index (Phi) is 3.14. The van der Waals surface area contributed by atoms with Crippen LogP contribution in [0.15, 0.2) is 18.2 Å². The largest absolute Gasteiger partial charge is 0.384 e. The van der Waals surface area contributed by atoms with Crippen LogP contribution in [0.5, 0.6) is 0 Å². The fourth-order valence-electron chi connectivity index (χ4n) is 2.93. The van der Waals surface area contributed by atoms with E-state index in [4.69, 9.17) is 5.73 Å². The number of anilines is 1. The molecule has 2 aromatic rings. The molecule has 3 rings (SSSR count). The minimum Gasteiger partial charge on any atom is -0.384 e. The molecule has 102 valence electrons. The van der Waals surface area contributed by atoms with Gasteiger partial charge in [-0.3, -0.25) is 4.90 Å². The number of pyridine rings is 1. The first-order valence-electron chi connectivity index (χ1n) is 7.03. The minimum atomic E-state index is 0.327. The second kappa shape index (κ2) is 4.81. The molecule has 1 aliphatic rings. The van der Waals surface area contributed by atoms with Gasteiger partial charge in [-0.05, 0) is 45.4 Å². The number of aromatic nitrogens is 3. The molecule has 1 aliphatic heterocycles. The van der Waals surface area contributed by atoms with Gasteiger partial charge in [-0.25, -0.2) is 4.98 Å². The summed E-state index contributed by atoms with van der Waals surface area (Å²) in [6, 6.07) is 6.58. The van der Waals surface area contributed by atoms with Gasteiger partial charge in [0.05, 0.1) is 6.04 Å². The van der Waals surface area contributed by atoms with Crippen LogP contribution in [-0.2, 0) is 0 Å². The smallest absolute Gasteiger partial charge is 0.168 e. The van der Waals surface area contributed by atoms with Gasteiger partial charge in [0.1, 0.15) is 5.82 Å². The average molecular weight is 259 g/mol. The molecule has 5 nitrogen and oxygen atoms in total. The number of rotatable bonds is 2. The maximum absolute atomic E-state index is 5.94. The van der Waals surface area contributed by atoms with E-state index >= 15 is 0 Å². The van der Waals surface area contributed by atoms with Gasteiger partial charge in [-0.2, -0.15) is 4.52 Å². The van der Waals surface area contributed by atoms with Crippen LogP contribution < -0.4 is 5.73 Å². The second-order valence-electron chi connectivity index (χ2n) is 5.53. The number of likely N-dealkylation sites (tertiary alicyclic amines) is 1. The van der Waals surface area contributed by atoms with Crippen LogP contribution in [-0.4, -0.2) is 32.1 Å². The summed E-state index contributed by atoms with van der Waals surface area (Å²) < 4.78 is 1.74. The van der Waals surface area contributed by atoms with Crippen molar-refractivity contribution < 1.29 is 0 Å². The molecule has 0 aromatic carbocycles. The van der Waals surface area contributed by atoms with Crippen LogP contribution in [0.4, 0.5) is 5.82 Å². The molecule has 5 heteroatoms. The second-order valence-corrected chi connectivity index (χ2v) is 5.53. The van der Waals surface area contributed by atoms with Crippen LogP contribution in [0, 0.1) is 0 Å². The van der Waals surface area contributed by atoms with E-state index < -0.39 is 0 Å². The van der Waals surface area contributed by atoms with Crippen molar-refractivity contribution in [3.05, 3.63) is 24.0 Å². The first-order chi connectivity index (χ1) is 9.16. The lowest BCUT2D eigenvalue weighted by Crippen LogP contribution is -2.39. The minimum absolute atomic E-state index is 0.327. The third-order valence-electron chi connectivity index (χ3n) is 3.91. The Morgan fingerprint density at radius 3 is 2.89 bits per heavy atom. The molecule has 0 amide bonds. The summed E-state index contributed by atoms with van der Waals surface area (Å²) in [5.74, 6) is 1.55. The topological polar surface area (TPSA) is 59.5 Å². The maximum Gasteiger partial charge on any atom is 0.168 e. The van der Waals surface area contributed by atoms with E-state index in [1.165, 1.54) is 12.8 Å². The van der Waals surface area contributed by atoms with Gasteiger partial charge in [-0.1, -0.05) is 12.5 Å². The molecule has 2 N–H and O–H groups in total. The fraction of sp³-hybridized carbons (Fsp3) is 0.571. The predicted octanol–water partition coefficient (Wildman–Crippen LogP) is 2.25. The van der Waals surface area contributed by atoms with Gasteiger partial charge in [0.2, 0.25) is 0 Å². The number of fused-ring (bicyclic) bond motifs is 1. The molecular formula is C14H21N5. The van der Waals surface area contributed by atoms with Gasteiger partial charge < -0.3 is 5.73 Å². The lowest BCUT2D eigenvalue weighted by molar-refractivity contribution is 0.106. The van der Waals surface area contributed by atoms with E-state index in [2.05, 4.69) is 28.8 Å². The Hall–Kier alpha value is -1.62. The van der Waals surface area contributed by atoms with Crippen molar-refractivity contribution in [2.75, 3.05) is 12.3 Å².